The third kappa shape index (κ3) is 3.54. The Labute approximate surface area is 122 Å². The number of alkyl halides is 3. The molecular formula is C12H11F3N4OS. The van der Waals surface area contributed by atoms with Crippen molar-refractivity contribution in [2.75, 3.05) is 14.1 Å². The molecule has 0 aromatic carbocycles. The lowest BCUT2D eigenvalue weighted by Gasteiger charge is -2.10. The number of rotatable bonds is 2. The Kier molecular flexibility index (Phi) is 4.21. The van der Waals surface area contributed by atoms with Gasteiger partial charge < -0.3 is 4.90 Å². The number of amides is 1. The fourth-order valence-corrected chi connectivity index (χ4v) is 2.32. The van der Waals surface area contributed by atoms with Gasteiger partial charge in [-0.1, -0.05) is 0 Å². The molecule has 2 aromatic rings. The Morgan fingerprint density at radius 3 is 2.67 bits per heavy atom. The molecule has 2 aromatic heterocycles. The minimum absolute atomic E-state index is 0.201. The number of nitrogens with zero attached hydrogens (tertiary/aromatic N) is 4. The van der Waals surface area contributed by atoms with Gasteiger partial charge in [0, 0.05) is 26.5 Å². The minimum atomic E-state index is -4.49. The maximum absolute atomic E-state index is 12.9. The molecule has 2 rings (SSSR count). The van der Waals surface area contributed by atoms with Crippen molar-refractivity contribution < 1.29 is 18.0 Å². The van der Waals surface area contributed by atoms with Gasteiger partial charge in [0.1, 0.15) is 10.1 Å². The van der Waals surface area contributed by atoms with Crippen LogP contribution in [0.2, 0.25) is 0 Å². The molecule has 0 aliphatic rings. The summed E-state index contributed by atoms with van der Waals surface area (Å²) in [6, 6.07) is 3.25. The zero-order valence-electron chi connectivity index (χ0n) is 11.1. The number of pyridine rings is 1. The second kappa shape index (κ2) is 5.76. The predicted molar refractivity (Wildman–Crippen MR) is 70.1 cm³/mol. The van der Waals surface area contributed by atoms with Crippen LogP contribution in [0.3, 0.4) is 0 Å². The van der Waals surface area contributed by atoms with E-state index < -0.39 is 11.7 Å². The first-order valence-electron chi connectivity index (χ1n) is 5.76. The third-order valence-corrected chi connectivity index (χ3v) is 3.37. The fraction of sp³-hybridized carbons (Fsp3) is 0.250. The van der Waals surface area contributed by atoms with Crippen LogP contribution < -0.4 is 0 Å². The molecule has 0 fully saturated rings. The lowest BCUT2D eigenvalue weighted by Crippen LogP contribution is -2.27. The molecule has 0 unspecified atom stereocenters. The molecular weight excluding hydrogens is 305 g/mol. The van der Waals surface area contributed by atoms with Crippen LogP contribution in [-0.2, 0) is 6.18 Å². The van der Waals surface area contributed by atoms with Crippen molar-refractivity contribution in [1.29, 1.82) is 0 Å². The van der Waals surface area contributed by atoms with Crippen LogP contribution in [-0.4, -0.2) is 39.8 Å². The van der Waals surface area contributed by atoms with Crippen LogP contribution in [0.25, 0.3) is 0 Å². The van der Waals surface area contributed by atoms with Gasteiger partial charge in [0.15, 0.2) is 0 Å². The van der Waals surface area contributed by atoms with Gasteiger partial charge in [-0.05, 0) is 30.0 Å². The smallest absolute Gasteiger partial charge is 0.329 e. The van der Waals surface area contributed by atoms with Gasteiger partial charge in [-0.2, -0.15) is 23.0 Å². The number of halogens is 3. The number of carbonyl (C=O) groups is 1. The van der Waals surface area contributed by atoms with Crippen LogP contribution in [0.4, 0.5) is 18.0 Å². The van der Waals surface area contributed by atoms with Crippen LogP contribution in [0.1, 0.15) is 5.56 Å². The summed E-state index contributed by atoms with van der Waals surface area (Å²) in [4.78, 5) is 16.7. The van der Waals surface area contributed by atoms with E-state index in [9.17, 15) is 18.0 Å². The van der Waals surface area contributed by atoms with Crippen LogP contribution in [0.5, 0.6) is 0 Å². The Morgan fingerprint density at radius 1 is 1.33 bits per heavy atom. The minimum Gasteiger partial charge on any atom is -0.329 e. The highest BCUT2D eigenvalue weighted by atomic mass is 32.2. The van der Waals surface area contributed by atoms with Gasteiger partial charge in [0.2, 0.25) is 0 Å². The van der Waals surface area contributed by atoms with Crippen molar-refractivity contribution in [2.45, 2.75) is 16.2 Å². The van der Waals surface area contributed by atoms with Crippen molar-refractivity contribution in [3.8, 4) is 0 Å². The molecule has 2 heterocycles. The molecule has 5 nitrogen and oxygen atoms in total. The second-order valence-electron chi connectivity index (χ2n) is 4.23. The lowest BCUT2D eigenvalue weighted by molar-refractivity contribution is -0.140. The first-order chi connectivity index (χ1) is 9.79. The zero-order chi connectivity index (χ0) is 15.6. The second-order valence-corrected chi connectivity index (χ2v) is 5.24. The Hall–Kier alpha value is -2.03. The zero-order valence-corrected chi connectivity index (χ0v) is 11.9. The molecule has 0 atom stereocenters. The Bertz CT molecular complexity index is 654. The summed E-state index contributed by atoms with van der Waals surface area (Å²) in [5.74, 6) is 0. The van der Waals surface area contributed by atoms with Crippen molar-refractivity contribution in [2.24, 2.45) is 0 Å². The van der Waals surface area contributed by atoms with Gasteiger partial charge >= 0.3 is 12.2 Å². The Balaban J connectivity index is 2.26. The number of hydrogen-bond acceptors (Lipinski definition) is 4. The van der Waals surface area contributed by atoms with E-state index in [1.807, 2.05) is 0 Å². The summed E-state index contributed by atoms with van der Waals surface area (Å²) in [6.07, 6.45) is -1.82. The fourth-order valence-electron chi connectivity index (χ4n) is 1.46. The average molecular weight is 316 g/mol. The molecule has 0 spiro atoms. The number of hydrogen-bond donors (Lipinski definition) is 0. The number of aromatic nitrogens is 3. The molecule has 9 heteroatoms. The first-order valence-corrected chi connectivity index (χ1v) is 6.58. The van der Waals surface area contributed by atoms with E-state index in [2.05, 4.69) is 10.1 Å². The number of carbonyl (C=O) groups excluding carboxylic acids is 1. The monoisotopic (exact) mass is 316 g/mol. The summed E-state index contributed by atoms with van der Waals surface area (Å²) in [6.45, 7) is 0. The molecule has 0 radical (unpaired) electrons. The highest BCUT2D eigenvalue weighted by molar-refractivity contribution is 7.99. The molecule has 0 N–H and O–H groups in total. The summed E-state index contributed by atoms with van der Waals surface area (Å²) >= 11 is 0.757. The summed E-state index contributed by atoms with van der Waals surface area (Å²) < 4.78 is 39.6. The molecule has 21 heavy (non-hydrogen) atoms. The van der Waals surface area contributed by atoms with E-state index in [4.69, 9.17) is 0 Å². The Morgan fingerprint density at radius 2 is 2.05 bits per heavy atom. The lowest BCUT2D eigenvalue weighted by atomic mass is 10.3. The summed E-state index contributed by atoms with van der Waals surface area (Å²) in [5.41, 5.74) is -0.830. The van der Waals surface area contributed by atoms with Crippen molar-refractivity contribution >= 4 is 17.8 Å². The molecule has 0 aliphatic carbocycles. The molecule has 0 bridgehead atoms. The summed E-state index contributed by atoms with van der Waals surface area (Å²) in [7, 11) is 3.11. The van der Waals surface area contributed by atoms with E-state index in [-0.39, 0.29) is 16.1 Å². The quantitative estimate of drug-likeness (QED) is 0.855. The average Bonchev–Trinajstić information content (AvgIpc) is 2.85. The van der Waals surface area contributed by atoms with Gasteiger partial charge in [0.05, 0.1) is 5.56 Å². The van der Waals surface area contributed by atoms with E-state index in [0.717, 1.165) is 22.5 Å². The van der Waals surface area contributed by atoms with Crippen molar-refractivity contribution in [1.82, 2.24) is 19.7 Å². The van der Waals surface area contributed by atoms with Crippen LogP contribution >= 0.6 is 11.8 Å². The van der Waals surface area contributed by atoms with E-state index in [0.29, 0.717) is 0 Å². The SMILES string of the molecule is CN(C)C(=O)n1ccc(Sc2ncccc2C(F)(F)F)n1. The van der Waals surface area contributed by atoms with Crippen molar-refractivity contribution in [3.05, 3.63) is 36.2 Å². The van der Waals surface area contributed by atoms with Crippen LogP contribution in [0.15, 0.2) is 40.6 Å². The maximum Gasteiger partial charge on any atom is 0.419 e. The van der Waals surface area contributed by atoms with Gasteiger partial charge in [-0.25, -0.2) is 9.78 Å². The maximum atomic E-state index is 12.9. The molecule has 1 amide bonds. The standard InChI is InChI=1S/C12H11F3N4OS/c1-18(2)11(20)19-7-5-9(17-19)21-10-8(12(13,14)15)4-3-6-16-10/h3-7H,1-2H3. The predicted octanol–water partition coefficient (Wildman–Crippen LogP) is 2.98. The highest BCUT2D eigenvalue weighted by Gasteiger charge is 2.34. The van der Waals surface area contributed by atoms with E-state index in [1.165, 1.54) is 29.4 Å². The normalized spacial score (nSPS) is 11.5. The van der Waals surface area contributed by atoms with Gasteiger partial charge in [-0.15, -0.1) is 0 Å². The highest BCUT2D eigenvalue weighted by Crippen LogP contribution is 2.37. The first kappa shape index (κ1) is 15.4. The topological polar surface area (TPSA) is 51.0 Å². The molecule has 0 saturated heterocycles. The van der Waals surface area contributed by atoms with Crippen LogP contribution in [0, 0.1) is 0 Å². The van der Waals surface area contributed by atoms with Gasteiger partial charge in [-0.3, -0.25) is 0 Å². The third-order valence-electron chi connectivity index (χ3n) is 2.42. The molecule has 0 saturated carbocycles. The van der Waals surface area contributed by atoms with E-state index >= 15 is 0 Å². The van der Waals surface area contributed by atoms with Crippen molar-refractivity contribution in [3.63, 3.8) is 0 Å². The largest absolute Gasteiger partial charge is 0.419 e. The molecule has 112 valence electrons. The molecule has 0 aliphatic heterocycles. The summed E-state index contributed by atoms with van der Waals surface area (Å²) in [5, 5.41) is 3.99. The van der Waals surface area contributed by atoms with E-state index in [1.54, 1.807) is 14.1 Å². The van der Waals surface area contributed by atoms with Gasteiger partial charge in [0.25, 0.3) is 0 Å².